The second kappa shape index (κ2) is 13.1. The molecule has 1 fully saturated rings. The van der Waals surface area contributed by atoms with Crippen LogP contribution in [0.3, 0.4) is 0 Å². The van der Waals surface area contributed by atoms with Crippen molar-refractivity contribution in [1.82, 2.24) is 9.80 Å². The number of carbonyl (C=O) groups excluding carboxylic acids is 2. The lowest BCUT2D eigenvalue weighted by atomic mass is 9.95. The molecule has 0 radical (unpaired) electrons. The number of ether oxygens (including phenoxy) is 2. The number of ketones is 1. The number of nitrogens with zero attached hydrogens (tertiary/aromatic N) is 2. The summed E-state index contributed by atoms with van der Waals surface area (Å²) in [6.07, 6.45) is 0. The van der Waals surface area contributed by atoms with Crippen molar-refractivity contribution in [2.75, 3.05) is 32.8 Å². The summed E-state index contributed by atoms with van der Waals surface area (Å²) in [7, 11) is 0. The van der Waals surface area contributed by atoms with Crippen molar-refractivity contribution >= 4 is 17.4 Å². The maximum Gasteiger partial charge on any atom is 0.295 e. The Morgan fingerprint density at radius 2 is 1.54 bits per heavy atom. The molecule has 0 aliphatic carbocycles. The van der Waals surface area contributed by atoms with Crippen LogP contribution in [0.5, 0.6) is 11.5 Å². The normalized spacial score (nSPS) is 16.6. The molecule has 3 aromatic carbocycles. The molecule has 1 atom stereocenters. The zero-order valence-corrected chi connectivity index (χ0v) is 22.8. The summed E-state index contributed by atoms with van der Waals surface area (Å²) in [4.78, 5) is 30.4. The predicted molar refractivity (Wildman–Crippen MR) is 152 cm³/mol. The standard InChI is InChI=1S/C32H36N2O5/c1-4-33(5-2)19-20-34-29(28(31(36)32(34)37)30(35)24-15-11-8-12-16-24)25-17-18-26(27(21-25)38-6-3)39-22-23-13-9-7-10-14-23/h7-18,21,29,35H,4-6,19-20,22H2,1-3H3. The molecule has 0 spiro atoms. The van der Waals surface area contributed by atoms with Crippen LogP contribution in [0.4, 0.5) is 0 Å². The monoisotopic (exact) mass is 528 g/mol. The van der Waals surface area contributed by atoms with E-state index in [0.717, 1.165) is 18.7 Å². The van der Waals surface area contributed by atoms with Crippen molar-refractivity contribution in [3.8, 4) is 11.5 Å². The molecule has 1 N–H and O–H groups in total. The van der Waals surface area contributed by atoms with E-state index < -0.39 is 17.7 Å². The highest BCUT2D eigenvalue weighted by Gasteiger charge is 2.46. The smallest absolute Gasteiger partial charge is 0.295 e. The third-order valence-corrected chi connectivity index (χ3v) is 6.96. The van der Waals surface area contributed by atoms with Crippen LogP contribution in [0.1, 0.15) is 43.5 Å². The number of hydrogen-bond acceptors (Lipinski definition) is 6. The fourth-order valence-corrected chi connectivity index (χ4v) is 4.82. The molecule has 39 heavy (non-hydrogen) atoms. The number of amides is 1. The van der Waals surface area contributed by atoms with Gasteiger partial charge in [0, 0.05) is 18.7 Å². The molecular weight excluding hydrogens is 492 g/mol. The quantitative estimate of drug-likeness (QED) is 0.192. The summed E-state index contributed by atoms with van der Waals surface area (Å²) in [6.45, 7) is 9.42. The van der Waals surface area contributed by atoms with E-state index in [4.69, 9.17) is 9.47 Å². The van der Waals surface area contributed by atoms with E-state index in [9.17, 15) is 14.7 Å². The highest BCUT2D eigenvalue weighted by molar-refractivity contribution is 6.46. The van der Waals surface area contributed by atoms with Crippen molar-refractivity contribution in [2.45, 2.75) is 33.4 Å². The topological polar surface area (TPSA) is 79.3 Å². The van der Waals surface area contributed by atoms with Crippen molar-refractivity contribution < 1.29 is 24.2 Å². The molecule has 0 aromatic heterocycles. The molecule has 1 saturated heterocycles. The lowest BCUT2D eigenvalue weighted by Gasteiger charge is -2.28. The summed E-state index contributed by atoms with van der Waals surface area (Å²) in [5, 5.41) is 11.3. The Labute approximate surface area is 230 Å². The van der Waals surface area contributed by atoms with E-state index in [1.165, 1.54) is 0 Å². The zero-order chi connectivity index (χ0) is 27.8. The van der Waals surface area contributed by atoms with Gasteiger partial charge >= 0.3 is 0 Å². The van der Waals surface area contributed by atoms with Gasteiger partial charge in [-0.15, -0.1) is 0 Å². The van der Waals surface area contributed by atoms with Gasteiger partial charge < -0.3 is 24.4 Å². The molecular formula is C32H36N2O5. The lowest BCUT2D eigenvalue weighted by molar-refractivity contribution is -0.140. The molecule has 3 aromatic rings. The number of aliphatic hydroxyl groups is 1. The van der Waals surface area contributed by atoms with E-state index in [1.807, 2.05) is 55.5 Å². The van der Waals surface area contributed by atoms with Crippen molar-refractivity contribution in [3.05, 3.63) is 101 Å². The number of aliphatic hydroxyl groups excluding tert-OH is 1. The number of likely N-dealkylation sites (N-methyl/N-ethyl adjacent to an activating group) is 1. The number of carbonyl (C=O) groups is 2. The van der Waals surface area contributed by atoms with E-state index >= 15 is 0 Å². The van der Waals surface area contributed by atoms with Crippen molar-refractivity contribution in [1.29, 1.82) is 0 Å². The molecule has 1 aliphatic heterocycles. The fourth-order valence-electron chi connectivity index (χ4n) is 4.82. The zero-order valence-electron chi connectivity index (χ0n) is 22.8. The van der Waals surface area contributed by atoms with Gasteiger partial charge in [0.1, 0.15) is 12.4 Å². The third-order valence-electron chi connectivity index (χ3n) is 6.96. The average Bonchev–Trinajstić information content (AvgIpc) is 3.23. The van der Waals surface area contributed by atoms with Crippen molar-refractivity contribution in [2.24, 2.45) is 0 Å². The van der Waals surface area contributed by atoms with Gasteiger partial charge in [0.05, 0.1) is 18.2 Å². The van der Waals surface area contributed by atoms with Crippen LogP contribution in [0.15, 0.2) is 84.4 Å². The highest BCUT2D eigenvalue weighted by atomic mass is 16.5. The minimum Gasteiger partial charge on any atom is -0.507 e. The lowest BCUT2D eigenvalue weighted by Crippen LogP contribution is -2.38. The molecule has 1 aliphatic rings. The molecule has 1 unspecified atom stereocenters. The van der Waals surface area contributed by atoms with Gasteiger partial charge in [0.15, 0.2) is 11.5 Å². The van der Waals surface area contributed by atoms with E-state index in [1.54, 1.807) is 35.2 Å². The Hall–Kier alpha value is -4.10. The van der Waals surface area contributed by atoms with Crippen LogP contribution < -0.4 is 9.47 Å². The number of rotatable bonds is 12. The highest BCUT2D eigenvalue weighted by Crippen LogP contribution is 2.42. The first kappa shape index (κ1) is 27.9. The maximum absolute atomic E-state index is 13.4. The fraction of sp³-hybridized carbons (Fsp3) is 0.312. The predicted octanol–water partition coefficient (Wildman–Crippen LogP) is 5.43. The van der Waals surface area contributed by atoms with Crippen molar-refractivity contribution in [3.63, 3.8) is 0 Å². The van der Waals surface area contributed by atoms with Crippen LogP contribution in [0.2, 0.25) is 0 Å². The first-order valence-corrected chi connectivity index (χ1v) is 13.5. The Bertz CT molecular complexity index is 1300. The average molecular weight is 529 g/mol. The van der Waals surface area contributed by atoms with Gasteiger partial charge in [0.2, 0.25) is 0 Å². The summed E-state index contributed by atoms with van der Waals surface area (Å²) >= 11 is 0. The van der Waals surface area contributed by atoms with Gasteiger partial charge in [-0.05, 0) is 43.3 Å². The minimum absolute atomic E-state index is 0.0751. The first-order chi connectivity index (χ1) is 19.0. The Balaban J connectivity index is 1.75. The second-order valence-corrected chi connectivity index (χ2v) is 9.30. The largest absolute Gasteiger partial charge is 0.507 e. The number of hydrogen-bond donors (Lipinski definition) is 1. The molecule has 7 heteroatoms. The number of likely N-dealkylation sites (tertiary alicyclic amines) is 1. The SMILES string of the molecule is CCOc1cc(C2C(=C(O)c3ccccc3)C(=O)C(=O)N2CCN(CC)CC)ccc1OCc1ccccc1. The maximum atomic E-state index is 13.4. The Kier molecular flexibility index (Phi) is 9.39. The molecule has 1 heterocycles. The minimum atomic E-state index is -0.761. The van der Waals surface area contributed by atoms with Gasteiger partial charge in [0.25, 0.3) is 11.7 Å². The van der Waals surface area contributed by atoms with E-state index in [0.29, 0.717) is 48.9 Å². The van der Waals surface area contributed by atoms with Crippen LogP contribution in [0.25, 0.3) is 5.76 Å². The number of benzene rings is 3. The summed E-state index contributed by atoms with van der Waals surface area (Å²) in [5.41, 5.74) is 2.25. The van der Waals surface area contributed by atoms with E-state index in [2.05, 4.69) is 18.7 Å². The van der Waals surface area contributed by atoms with Crippen LogP contribution >= 0.6 is 0 Å². The molecule has 1 amide bonds. The summed E-state index contributed by atoms with van der Waals surface area (Å²) in [5.74, 6) is -0.422. The molecule has 0 bridgehead atoms. The Morgan fingerprint density at radius 1 is 0.872 bits per heavy atom. The Morgan fingerprint density at radius 3 is 2.18 bits per heavy atom. The van der Waals surface area contributed by atoms with Gasteiger partial charge in [-0.25, -0.2) is 0 Å². The van der Waals surface area contributed by atoms with Crippen LogP contribution in [-0.2, 0) is 16.2 Å². The second-order valence-electron chi connectivity index (χ2n) is 9.30. The summed E-state index contributed by atoms with van der Waals surface area (Å²) < 4.78 is 12.0. The van der Waals surface area contributed by atoms with Crippen LogP contribution in [0, 0.1) is 0 Å². The van der Waals surface area contributed by atoms with Gasteiger partial charge in [-0.1, -0.05) is 80.6 Å². The third kappa shape index (κ3) is 6.32. The molecule has 0 saturated carbocycles. The first-order valence-electron chi connectivity index (χ1n) is 13.5. The summed E-state index contributed by atoms with van der Waals surface area (Å²) in [6, 6.07) is 23.4. The van der Waals surface area contributed by atoms with E-state index in [-0.39, 0.29) is 11.3 Å². The molecule has 4 rings (SSSR count). The van der Waals surface area contributed by atoms with Gasteiger partial charge in [-0.3, -0.25) is 9.59 Å². The number of Topliss-reactive ketones (excluding diaryl/α,β-unsaturated/α-hetero) is 1. The molecule has 7 nitrogen and oxygen atoms in total. The van der Waals surface area contributed by atoms with Crippen LogP contribution in [-0.4, -0.2) is 59.4 Å². The van der Waals surface area contributed by atoms with Gasteiger partial charge in [-0.2, -0.15) is 0 Å². The molecule has 204 valence electrons.